The van der Waals surface area contributed by atoms with Crippen molar-refractivity contribution in [2.75, 3.05) is 149 Å². The maximum Gasteiger partial charge on any atom is 0.304 e. The number of hydrogen-bond acceptors (Lipinski definition) is 17. The van der Waals surface area contributed by atoms with Crippen molar-refractivity contribution >= 4 is 82.5 Å². The average Bonchev–Trinajstić information content (AvgIpc) is 3.43. The molecule has 0 unspecified atom stereocenters. The predicted octanol–water partition coefficient (Wildman–Crippen LogP) is -4.03. The van der Waals surface area contributed by atoms with Gasteiger partial charge in [0.05, 0.1) is 89.9 Å². The van der Waals surface area contributed by atoms with E-state index in [4.69, 9.17) is 5.73 Å². The van der Waals surface area contributed by atoms with Gasteiger partial charge in [0.25, 0.3) is 0 Å². The predicted molar refractivity (Wildman–Crippen MR) is 302 cm³/mol. The number of likely N-dealkylation sites (N-methyl/N-ethyl adjacent to an activating group) is 10. The quantitative estimate of drug-likeness (QED) is 0.0366. The van der Waals surface area contributed by atoms with Gasteiger partial charge in [-0.3, -0.25) is 67.1 Å². The summed E-state index contributed by atoms with van der Waals surface area (Å²) in [6.07, 6.45) is 0.838. The maximum atomic E-state index is 13.4. The lowest BCUT2D eigenvalue weighted by molar-refractivity contribution is -0.146. The summed E-state index contributed by atoms with van der Waals surface area (Å²) in [7, 11) is 13.3. The Balaban J connectivity index is 5.17. The molecule has 11 amide bonds. The van der Waals surface area contributed by atoms with Crippen LogP contribution >= 0.6 is 0 Å². The van der Waals surface area contributed by atoms with Gasteiger partial charge in [-0.15, -0.1) is 0 Å². The molecule has 466 valence electrons. The number of carboxylic acid groups (broad SMARTS) is 1. The molecule has 29 heteroatoms. The van der Waals surface area contributed by atoms with Crippen LogP contribution in [-0.2, 0) is 67.1 Å². The number of aliphatic carboxylic acids is 1. The lowest BCUT2D eigenvalue weighted by atomic mass is 9.95. The Labute approximate surface area is 482 Å². The van der Waals surface area contributed by atoms with Crippen LogP contribution in [0.25, 0.3) is 0 Å². The van der Waals surface area contributed by atoms with Crippen LogP contribution in [0.4, 0.5) is 0 Å². The smallest absolute Gasteiger partial charge is 0.304 e. The number of Topliss-reactive ketones (excluding diaryl/α,β-unsaturated/α-hetero) is 2. The van der Waals surface area contributed by atoms with Crippen molar-refractivity contribution in [3.05, 3.63) is 0 Å². The summed E-state index contributed by atoms with van der Waals surface area (Å²) in [6.45, 7) is 5.70. The van der Waals surface area contributed by atoms with Crippen LogP contribution in [0.3, 0.4) is 0 Å². The Bertz CT molecular complexity index is 2230. The number of carbonyl (C=O) groups is 14. The monoisotopic (exact) mass is 1170 g/mol. The highest BCUT2D eigenvalue weighted by atomic mass is 16.4. The topological polar surface area (TPSA) is 354 Å². The van der Waals surface area contributed by atoms with Gasteiger partial charge in [-0.2, -0.15) is 0 Å². The van der Waals surface area contributed by atoms with Gasteiger partial charge in [0.15, 0.2) is 11.6 Å². The van der Waals surface area contributed by atoms with Crippen LogP contribution < -0.4 is 21.7 Å². The molecule has 0 aromatic carbocycles. The van der Waals surface area contributed by atoms with Gasteiger partial charge in [0.2, 0.25) is 65.0 Å². The summed E-state index contributed by atoms with van der Waals surface area (Å²) in [5.41, 5.74) is 5.62. The lowest BCUT2D eigenvalue weighted by Gasteiger charge is -2.28. The normalized spacial score (nSPS) is 12.0. The Hall–Kier alpha value is -7.14. The Morgan fingerprint density at radius 1 is 0.427 bits per heavy atom. The average molecular weight is 1170 g/mol. The molecular formula is C53H94N14O15. The second-order valence-corrected chi connectivity index (χ2v) is 21.5. The van der Waals surface area contributed by atoms with E-state index in [0.29, 0.717) is 32.4 Å². The maximum absolute atomic E-state index is 13.4. The highest BCUT2D eigenvalue weighted by molar-refractivity contribution is 5.96. The number of unbranched alkanes of at least 4 members (excludes halogenated alkanes) is 1. The molecule has 0 rings (SSSR count). The summed E-state index contributed by atoms with van der Waals surface area (Å²) in [5.74, 6) is -10.4. The number of rotatable bonds is 39. The molecule has 6 N–H and O–H groups in total. The summed E-state index contributed by atoms with van der Waals surface area (Å²) in [5, 5.41) is 18.5. The third-order valence-corrected chi connectivity index (χ3v) is 13.0. The summed E-state index contributed by atoms with van der Waals surface area (Å²) < 4.78 is 0. The van der Waals surface area contributed by atoms with Crippen molar-refractivity contribution in [2.24, 2.45) is 11.7 Å². The van der Waals surface area contributed by atoms with Crippen molar-refractivity contribution in [1.29, 1.82) is 0 Å². The van der Waals surface area contributed by atoms with E-state index < -0.39 is 154 Å². The number of nitrogens with zero attached hydrogens (tertiary/aromatic N) is 10. The zero-order valence-corrected chi connectivity index (χ0v) is 51.0. The Morgan fingerprint density at radius 3 is 1.06 bits per heavy atom. The van der Waals surface area contributed by atoms with E-state index in [1.165, 1.54) is 75.4 Å². The first-order chi connectivity index (χ1) is 38.0. The summed E-state index contributed by atoms with van der Waals surface area (Å²) >= 11 is 0. The molecule has 0 spiro atoms. The molecule has 0 aromatic rings. The molecule has 0 saturated heterocycles. The number of nitrogens with one attached hydrogen (secondary N) is 3. The zero-order chi connectivity index (χ0) is 63.3. The standard InChI is InChI=1S/C53H94N14O15/c1-35(2)55-22-18-20-41(69)40(19-16-17-21-54)57-52(81)38(24-51(79)80)23-39(68)25-58(6)42(70)26-59(7)43(71)27-60(8)44(72)28-61(9)45(73)29-62(10)46(74)30-63(11)47(75)31-64(12)48(76)32-65(13)49(77)33-66(14)50(78)34-67(15)53(82)37(5)56-36(3)4/h35-38,40,55-56H,16-34,54H2,1-15H3,(H,57,81)(H,79,80)/t37-,38-,40-/m0/s1. The van der Waals surface area contributed by atoms with E-state index >= 15 is 0 Å². The highest BCUT2D eigenvalue weighted by Gasteiger charge is 2.31. The lowest BCUT2D eigenvalue weighted by Crippen LogP contribution is -2.50. The molecule has 0 saturated carbocycles. The number of carbonyl (C=O) groups excluding carboxylic acids is 13. The molecule has 0 bridgehead atoms. The molecule has 0 aliphatic carbocycles. The van der Waals surface area contributed by atoms with Gasteiger partial charge in [-0.05, 0) is 45.7 Å². The van der Waals surface area contributed by atoms with Crippen LogP contribution in [0.5, 0.6) is 0 Å². The first-order valence-electron chi connectivity index (χ1n) is 27.2. The minimum Gasteiger partial charge on any atom is -0.481 e. The first-order valence-corrected chi connectivity index (χ1v) is 27.2. The number of amides is 11. The van der Waals surface area contributed by atoms with E-state index in [0.717, 1.165) is 44.1 Å². The summed E-state index contributed by atoms with van der Waals surface area (Å²) in [6, 6.07) is -1.17. The molecule has 82 heavy (non-hydrogen) atoms. The second-order valence-electron chi connectivity index (χ2n) is 21.5. The van der Waals surface area contributed by atoms with Gasteiger partial charge < -0.3 is 75.8 Å². The molecule has 0 aromatic heterocycles. The van der Waals surface area contributed by atoms with E-state index in [2.05, 4.69) is 16.0 Å². The summed E-state index contributed by atoms with van der Waals surface area (Å²) in [4.78, 5) is 192. The van der Waals surface area contributed by atoms with Crippen LogP contribution in [0.15, 0.2) is 0 Å². The third-order valence-electron chi connectivity index (χ3n) is 13.0. The number of nitrogens with two attached hydrogens (primary N) is 1. The molecule has 0 heterocycles. The van der Waals surface area contributed by atoms with Crippen LogP contribution in [0.2, 0.25) is 0 Å². The van der Waals surface area contributed by atoms with Crippen LogP contribution in [-0.4, -0.2) is 310 Å². The van der Waals surface area contributed by atoms with Crippen LogP contribution in [0.1, 0.15) is 79.6 Å². The minimum absolute atomic E-state index is 0.0441. The molecule has 29 nitrogen and oxygen atoms in total. The van der Waals surface area contributed by atoms with Gasteiger partial charge >= 0.3 is 5.97 Å². The fraction of sp³-hybridized carbons (Fsp3) is 0.736. The minimum atomic E-state index is -1.35. The van der Waals surface area contributed by atoms with E-state index in [9.17, 15) is 72.2 Å². The first kappa shape index (κ1) is 74.9. The third kappa shape index (κ3) is 29.5. The Kier molecular flexibility index (Phi) is 34.5. The van der Waals surface area contributed by atoms with Gasteiger partial charge in [-0.1, -0.05) is 27.7 Å². The fourth-order valence-electron chi connectivity index (χ4n) is 7.68. The zero-order valence-electron chi connectivity index (χ0n) is 51.0. The van der Waals surface area contributed by atoms with Gasteiger partial charge in [-0.25, -0.2) is 0 Å². The van der Waals surface area contributed by atoms with Crippen molar-refractivity contribution in [3.8, 4) is 0 Å². The van der Waals surface area contributed by atoms with Crippen molar-refractivity contribution < 1.29 is 72.2 Å². The van der Waals surface area contributed by atoms with Gasteiger partial charge in [0, 0.05) is 95.4 Å². The van der Waals surface area contributed by atoms with E-state index in [1.54, 1.807) is 6.92 Å². The highest BCUT2D eigenvalue weighted by Crippen LogP contribution is 2.14. The SMILES string of the molecule is CC(C)NCCCC(=O)[C@H](CCCCN)NC(=O)[C@H](CC(=O)O)CC(=O)CN(C)C(=O)CN(C)C(=O)CN(C)C(=O)CN(C)C(=O)CN(C)C(=O)CN(C)C(=O)CN(C)C(=O)CN(C)C(=O)CN(C)C(=O)CN(C)C(=O)[C@H](C)NC(C)C. The molecule has 0 radical (unpaired) electrons. The fourth-order valence-corrected chi connectivity index (χ4v) is 7.68. The molecule has 0 fully saturated rings. The van der Waals surface area contributed by atoms with Crippen LogP contribution in [0, 0.1) is 5.92 Å². The molecule has 0 aliphatic rings. The Morgan fingerprint density at radius 2 is 0.756 bits per heavy atom. The molecular weight excluding hydrogens is 1070 g/mol. The second kappa shape index (κ2) is 37.8. The van der Waals surface area contributed by atoms with E-state index in [-0.39, 0.29) is 49.7 Å². The van der Waals surface area contributed by atoms with Crippen molar-refractivity contribution in [2.45, 2.75) is 104 Å². The molecule has 3 atom stereocenters. The number of carboxylic acids is 1. The largest absolute Gasteiger partial charge is 0.481 e. The number of hydrogen-bond donors (Lipinski definition) is 5. The van der Waals surface area contributed by atoms with Gasteiger partial charge in [0.1, 0.15) is 0 Å². The van der Waals surface area contributed by atoms with Crippen molar-refractivity contribution in [3.63, 3.8) is 0 Å². The number of ketones is 2. The molecule has 0 aliphatic heterocycles. The van der Waals surface area contributed by atoms with E-state index in [1.807, 2.05) is 27.7 Å². The van der Waals surface area contributed by atoms with Crippen molar-refractivity contribution in [1.82, 2.24) is 64.9 Å².